The van der Waals surface area contributed by atoms with E-state index in [-0.39, 0.29) is 12.4 Å². The van der Waals surface area contributed by atoms with Gasteiger partial charge in [-0.15, -0.1) is 0 Å². The predicted molar refractivity (Wildman–Crippen MR) is 89.4 cm³/mol. The molecule has 0 N–H and O–H groups in total. The number of hydrogen-bond donors (Lipinski definition) is 0. The maximum atomic E-state index is 4.87. The number of fused-ring (bicyclic) bond motifs is 1. The van der Waals surface area contributed by atoms with Crippen molar-refractivity contribution in [1.29, 1.82) is 0 Å². The molecule has 3 aromatic rings. The van der Waals surface area contributed by atoms with E-state index >= 15 is 0 Å². The van der Waals surface area contributed by atoms with Crippen LogP contribution in [0, 0.1) is 6.92 Å². The van der Waals surface area contributed by atoms with Crippen LogP contribution in [-0.2, 0) is 6.54 Å². The molecule has 3 heteroatoms. The predicted octanol–water partition coefficient (Wildman–Crippen LogP) is 2.21. The molecule has 0 saturated heterocycles. The largest absolute Gasteiger partial charge is 1.00 e. The lowest BCUT2D eigenvalue weighted by Gasteiger charge is -2.09. The Hall–Kier alpha value is -1.80. The Morgan fingerprint density at radius 1 is 1.00 bits per heavy atom. The number of unbranched alkanes of at least 4 members (excludes halogenated alkanes) is 2. The first kappa shape index (κ1) is 16.6. The van der Waals surface area contributed by atoms with Crippen molar-refractivity contribution in [1.82, 2.24) is 9.55 Å². The molecule has 0 aliphatic rings. The van der Waals surface area contributed by atoms with Gasteiger partial charge < -0.3 is 17.0 Å². The fourth-order valence-electron chi connectivity index (χ4n) is 2.83. The molecule has 0 unspecified atom stereocenters. The summed E-state index contributed by atoms with van der Waals surface area (Å²) in [5.74, 6) is 1.09. The topological polar surface area (TPSA) is 17.8 Å². The Labute approximate surface area is 138 Å². The van der Waals surface area contributed by atoms with Gasteiger partial charge in [0.25, 0.3) is 0 Å². The maximum Gasteiger partial charge on any atom is 0.141 e. The van der Waals surface area contributed by atoms with Crippen LogP contribution in [0.1, 0.15) is 31.7 Å². The van der Waals surface area contributed by atoms with Crippen molar-refractivity contribution in [2.75, 3.05) is 0 Å². The van der Waals surface area contributed by atoms with Gasteiger partial charge in [-0.25, -0.2) is 4.98 Å². The van der Waals surface area contributed by atoms with Gasteiger partial charge in [-0.05, 0) is 31.5 Å². The maximum absolute atomic E-state index is 4.87. The van der Waals surface area contributed by atoms with E-state index in [1.165, 1.54) is 35.9 Å². The van der Waals surface area contributed by atoms with E-state index in [4.69, 9.17) is 4.98 Å². The van der Waals surface area contributed by atoms with E-state index in [9.17, 15) is 0 Å². The van der Waals surface area contributed by atoms with Gasteiger partial charge in [0.2, 0.25) is 0 Å². The zero-order valence-electron chi connectivity index (χ0n) is 13.2. The molecular formula is C19H22ClN2-. The molecule has 0 aliphatic heterocycles. The van der Waals surface area contributed by atoms with Crippen molar-refractivity contribution < 1.29 is 12.4 Å². The highest BCUT2D eigenvalue weighted by atomic mass is 35.5. The molecule has 1 aromatic heterocycles. The Morgan fingerprint density at radius 2 is 1.82 bits per heavy atom. The van der Waals surface area contributed by atoms with Crippen molar-refractivity contribution >= 4 is 11.0 Å². The lowest BCUT2D eigenvalue weighted by atomic mass is 10.1. The Balaban J connectivity index is 0.00000176. The molecule has 0 amide bonds. The third-order valence-corrected chi connectivity index (χ3v) is 3.92. The monoisotopic (exact) mass is 313 g/mol. The van der Waals surface area contributed by atoms with E-state index < -0.39 is 0 Å². The van der Waals surface area contributed by atoms with Crippen molar-refractivity contribution in [3.63, 3.8) is 0 Å². The molecule has 0 radical (unpaired) electrons. The number of imidazole rings is 1. The summed E-state index contributed by atoms with van der Waals surface area (Å²) < 4.78 is 2.37. The second-order valence-electron chi connectivity index (χ2n) is 5.65. The zero-order valence-corrected chi connectivity index (χ0v) is 14.0. The van der Waals surface area contributed by atoms with Crippen LogP contribution >= 0.6 is 0 Å². The van der Waals surface area contributed by atoms with Crippen molar-refractivity contribution in [2.45, 2.75) is 39.7 Å². The highest BCUT2D eigenvalue weighted by Crippen LogP contribution is 2.26. The molecule has 22 heavy (non-hydrogen) atoms. The van der Waals surface area contributed by atoms with Gasteiger partial charge in [-0.3, -0.25) is 0 Å². The number of benzene rings is 2. The molecule has 0 bridgehead atoms. The minimum absolute atomic E-state index is 0. The number of hydrogen-bond acceptors (Lipinski definition) is 1. The Morgan fingerprint density at radius 3 is 2.59 bits per heavy atom. The number of halogens is 1. The third kappa shape index (κ3) is 3.33. The summed E-state index contributed by atoms with van der Waals surface area (Å²) in [6.45, 7) is 5.42. The average molecular weight is 314 g/mol. The van der Waals surface area contributed by atoms with Gasteiger partial charge >= 0.3 is 0 Å². The molecule has 0 fully saturated rings. The normalized spacial score (nSPS) is 10.6. The van der Waals surface area contributed by atoms with Crippen LogP contribution in [0.2, 0.25) is 0 Å². The van der Waals surface area contributed by atoms with Gasteiger partial charge in [-0.2, -0.15) is 0 Å². The van der Waals surface area contributed by atoms with Crippen LogP contribution in [0.5, 0.6) is 0 Å². The summed E-state index contributed by atoms with van der Waals surface area (Å²) in [5, 5.41) is 0. The smallest absolute Gasteiger partial charge is 0.141 e. The highest BCUT2D eigenvalue weighted by molar-refractivity contribution is 5.80. The summed E-state index contributed by atoms with van der Waals surface area (Å²) in [6, 6.07) is 17.1. The van der Waals surface area contributed by atoms with Crippen LogP contribution in [-0.4, -0.2) is 9.55 Å². The molecular weight excluding hydrogens is 292 g/mol. The molecule has 1 heterocycles. The second kappa shape index (κ2) is 7.46. The van der Waals surface area contributed by atoms with Crippen molar-refractivity contribution in [3.8, 4) is 11.4 Å². The molecule has 3 rings (SSSR count). The summed E-state index contributed by atoms with van der Waals surface area (Å²) in [7, 11) is 0. The summed E-state index contributed by atoms with van der Waals surface area (Å²) in [5.41, 5.74) is 4.82. The van der Waals surface area contributed by atoms with Crippen molar-refractivity contribution in [2.24, 2.45) is 0 Å². The summed E-state index contributed by atoms with van der Waals surface area (Å²) >= 11 is 0. The highest BCUT2D eigenvalue weighted by Gasteiger charge is 2.11. The van der Waals surface area contributed by atoms with Crippen LogP contribution in [0.4, 0.5) is 0 Å². The summed E-state index contributed by atoms with van der Waals surface area (Å²) in [4.78, 5) is 4.87. The van der Waals surface area contributed by atoms with E-state index in [0.29, 0.717) is 0 Å². The van der Waals surface area contributed by atoms with Crippen LogP contribution in [0.15, 0.2) is 48.5 Å². The molecule has 0 saturated carbocycles. The number of aryl methyl sites for hydroxylation is 2. The Kier molecular flexibility index (Phi) is 5.62. The SMILES string of the molecule is CCCCCn1c(-c2cccc(C)c2)nc2ccccc21.[Cl-]. The van der Waals surface area contributed by atoms with Crippen LogP contribution < -0.4 is 12.4 Å². The number of nitrogens with zero attached hydrogens (tertiary/aromatic N) is 2. The molecule has 2 nitrogen and oxygen atoms in total. The molecule has 2 aromatic carbocycles. The zero-order chi connectivity index (χ0) is 14.7. The van der Waals surface area contributed by atoms with E-state index in [1.54, 1.807) is 0 Å². The van der Waals surface area contributed by atoms with E-state index in [1.807, 2.05) is 0 Å². The fraction of sp³-hybridized carbons (Fsp3) is 0.316. The first-order valence-corrected chi connectivity index (χ1v) is 7.82. The quantitative estimate of drug-likeness (QED) is 0.660. The van der Waals surface area contributed by atoms with Gasteiger partial charge in [0.15, 0.2) is 0 Å². The standard InChI is InChI=1S/C19H22N2.ClH/c1-3-4-7-13-21-18-12-6-5-11-17(18)20-19(21)16-10-8-9-15(2)14-16;/h5-6,8-12,14H,3-4,7,13H2,1-2H3;1H/p-1. The summed E-state index contributed by atoms with van der Waals surface area (Å²) in [6.07, 6.45) is 3.71. The van der Waals surface area contributed by atoms with Gasteiger partial charge in [-0.1, -0.05) is 55.7 Å². The molecule has 0 atom stereocenters. The number of aromatic nitrogens is 2. The van der Waals surface area contributed by atoms with Gasteiger partial charge in [0, 0.05) is 12.1 Å². The van der Waals surface area contributed by atoms with Crippen molar-refractivity contribution in [3.05, 3.63) is 54.1 Å². The van der Waals surface area contributed by atoms with E-state index in [2.05, 4.69) is 66.9 Å². The second-order valence-corrected chi connectivity index (χ2v) is 5.65. The lowest BCUT2D eigenvalue weighted by Crippen LogP contribution is -3.00. The fourth-order valence-corrected chi connectivity index (χ4v) is 2.83. The lowest BCUT2D eigenvalue weighted by molar-refractivity contribution is -0.00000443. The minimum atomic E-state index is 0. The molecule has 0 spiro atoms. The van der Waals surface area contributed by atoms with Gasteiger partial charge in [0.05, 0.1) is 11.0 Å². The van der Waals surface area contributed by atoms with Crippen LogP contribution in [0.25, 0.3) is 22.4 Å². The third-order valence-electron chi connectivity index (χ3n) is 3.92. The Bertz CT molecular complexity index is 746. The first-order valence-electron chi connectivity index (χ1n) is 7.82. The number of para-hydroxylation sites is 2. The first-order chi connectivity index (χ1) is 10.3. The molecule has 0 aliphatic carbocycles. The van der Waals surface area contributed by atoms with E-state index in [0.717, 1.165) is 17.9 Å². The minimum Gasteiger partial charge on any atom is -1.00 e. The molecule has 116 valence electrons. The van der Waals surface area contributed by atoms with Gasteiger partial charge in [0.1, 0.15) is 5.82 Å². The number of rotatable bonds is 5. The van der Waals surface area contributed by atoms with Crippen LogP contribution in [0.3, 0.4) is 0 Å². The average Bonchev–Trinajstić information content (AvgIpc) is 2.87.